The van der Waals surface area contributed by atoms with Crippen LogP contribution in [-0.2, 0) is 14.4 Å². The van der Waals surface area contributed by atoms with Crippen LogP contribution in [-0.4, -0.2) is 80.5 Å². The number of aryl methyl sites for hydroxylation is 1. The minimum absolute atomic E-state index is 0.0916. The predicted molar refractivity (Wildman–Crippen MR) is 188 cm³/mol. The van der Waals surface area contributed by atoms with E-state index in [0.29, 0.717) is 17.1 Å². The van der Waals surface area contributed by atoms with E-state index in [-0.39, 0.29) is 30.7 Å². The minimum atomic E-state index is -0.934. The van der Waals surface area contributed by atoms with E-state index in [9.17, 15) is 19.2 Å². The van der Waals surface area contributed by atoms with Crippen LogP contribution < -0.4 is 30.7 Å². The van der Waals surface area contributed by atoms with E-state index in [2.05, 4.69) is 21.3 Å². The Kier molecular flexibility index (Phi) is 12.1. The molecule has 1 fully saturated rings. The average molecular weight is 672 g/mol. The maximum absolute atomic E-state index is 14.4. The van der Waals surface area contributed by atoms with Gasteiger partial charge < -0.3 is 35.6 Å². The Morgan fingerprint density at radius 1 is 0.816 bits per heavy atom. The topological polar surface area (TPSA) is 138 Å². The van der Waals surface area contributed by atoms with Gasteiger partial charge in [-0.05, 0) is 80.3 Å². The molecule has 0 aliphatic carbocycles. The average Bonchev–Trinajstić information content (AvgIpc) is 3.52. The summed E-state index contributed by atoms with van der Waals surface area (Å²) in [5.41, 5.74) is 2.44. The van der Waals surface area contributed by atoms with Crippen LogP contribution in [0.1, 0.15) is 67.2 Å². The van der Waals surface area contributed by atoms with Crippen LogP contribution in [0.5, 0.6) is 11.5 Å². The molecule has 49 heavy (non-hydrogen) atoms. The van der Waals surface area contributed by atoms with Gasteiger partial charge in [-0.3, -0.25) is 19.2 Å². The molecule has 4 rings (SSSR count). The number of carbonyl (C=O) groups is 4. The Morgan fingerprint density at radius 2 is 1.35 bits per heavy atom. The van der Waals surface area contributed by atoms with Gasteiger partial charge in [0.15, 0.2) is 0 Å². The third kappa shape index (κ3) is 9.17. The third-order valence-electron chi connectivity index (χ3n) is 8.95. The zero-order chi connectivity index (χ0) is 35.9. The van der Waals surface area contributed by atoms with Crippen LogP contribution in [0.4, 0.5) is 0 Å². The van der Waals surface area contributed by atoms with Crippen molar-refractivity contribution in [2.45, 2.75) is 71.2 Å². The first-order valence-electron chi connectivity index (χ1n) is 16.5. The summed E-state index contributed by atoms with van der Waals surface area (Å²) in [6, 6.07) is 18.5. The van der Waals surface area contributed by atoms with Gasteiger partial charge in [-0.15, -0.1) is 0 Å². The molecule has 1 aliphatic rings. The second-order valence-corrected chi connectivity index (χ2v) is 13.6. The summed E-state index contributed by atoms with van der Waals surface area (Å²) in [5.74, 6) is -0.0747. The molecule has 11 heteroatoms. The fourth-order valence-corrected chi connectivity index (χ4v) is 5.81. The first-order valence-corrected chi connectivity index (χ1v) is 16.5. The number of carbonyl (C=O) groups excluding carboxylic acids is 4. The number of likely N-dealkylation sites (tertiary alicyclic amines) is 1. The molecule has 1 heterocycles. The number of ether oxygens (including phenoxy) is 2. The highest BCUT2D eigenvalue weighted by molar-refractivity contribution is 5.96. The highest BCUT2D eigenvalue weighted by Gasteiger charge is 2.46. The lowest BCUT2D eigenvalue weighted by atomic mass is 9.85. The van der Waals surface area contributed by atoms with Gasteiger partial charge in [0.25, 0.3) is 5.91 Å². The number of hydrogen-bond acceptors (Lipinski definition) is 7. The number of likely N-dealkylation sites (N-methyl/N-ethyl adjacent to an activating group) is 1. The van der Waals surface area contributed by atoms with Gasteiger partial charge in [0.2, 0.25) is 17.7 Å². The van der Waals surface area contributed by atoms with Gasteiger partial charge in [0.05, 0.1) is 26.3 Å². The van der Waals surface area contributed by atoms with E-state index >= 15 is 0 Å². The van der Waals surface area contributed by atoms with Crippen molar-refractivity contribution in [2.75, 3.05) is 27.8 Å². The molecule has 11 nitrogen and oxygen atoms in total. The summed E-state index contributed by atoms with van der Waals surface area (Å²) in [6.07, 6.45) is 0.185. The number of nitrogens with zero attached hydrogens (tertiary/aromatic N) is 1. The SMILES string of the molecule is CN[C@@H](C)C(=O)N[C@H](C(=O)N1C[C@@H](NC(=O)c2ccc(C)cc2)C[C@H]1C(=O)NC(c1ccc(OC)cc1)c1ccc(OC)cc1)C(C)(C)C. The maximum atomic E-state index is 14.4. The van der Waals surface area contributed by atoms with Crippen molar-refractivity contribution < 1.29 is 28.7 Å². The van der Waals surface area contributed by atoms with E-state index in [1.807, 2.05) is 88.4 Å². The molecular weight excluding hydrogens is 622 g/mol. The maximum Gasteiger partial charge on any atom is 0.251 e. The molecular formula is C38H49N5O6. The van der Waals surface area contributed by atoms with Crippen LogP contribution in [0, 0.1) is 12.3 Å². The highest BCUT2D eigenvalue weighted by Crippen LogP contribution is 2.30. The number of amides is 4. The Labute approximate surface area is 289 Å². The molecule has 0 unspecified atom stereocenters. The van der Waals surface area contributed by atoms with E-state index < -0.39 is 41.5 Å². The standard InChI is InChI=1S/C38H49N5O6/c1-23-9-11-27(12-10-23)35(45)40-28-21-31(43(22-28)37(47)33(38(3,4)5)42-34(44)24(2)39-6)36(46)41-32(25-13-17-29(48-7)18-14-25)26-15-19-30(49-8)20-16-26/h9-20,24,28,31-33,39H,21-22H2,1-8H3,(H,40,45)(H,41,46)(H,42,44)/t24-,28-,31-,33+/m0/s1. The Morgan fingerprint density at radius 3 is 1.82 bits per heavy atom. The number of methoxy groups -OCH3 is 2. The molecule has 0 spiro atoms. The van der Waals surface area contributed by atoms with Gasteiger partial charge in [-0.25, -0.2) is 0 Å². The lowest BCUT2D eigenvalue weighted by Crippen LogP contribution is -2.59. The highest BCUT2D eigenvalue weighted by atomic mass is 16.5. The summed E-state index contributed by atoms with van der Waals surface area (Å²) in [4.78, 5) is 56.6. The van der Waals surface area contributed by atoms with Crippen LogP contribution in [0.15, 0.2) is 72.8 Å². The van der Waals surface area contributed by atoms with Crippen LogP contribution in [0.3, 0.4) is 0 Å². The number of hydrogen-bond donors (Lipinski definition) is 4. The number of nitrogens with one attached hydrogen (secondary N) is 4. The fraction of sp³-hybridized carbons (Fsp3) is 0.421. The molecule has 3 aromatic carbocycles. The first-order chi connectivity index (χ1) is 23.2. The second kappa shape index (κ2) is 16.0. The molecule has 0 bridgehead atoms. The predicted octanol–water partition coefficient (Wildman–Crippen LogP) is 3.76. The van der Waals surface area contributed by atoms with Gasteiger partial charge >= 0.3 is 0 Å². The van der Waals surface area contributed by atoms with Crippen molar-refractivity contribution in [3.63, 3.8) is 0 Å². The van der Waals surface area contributed by atoms with Gasteiger partial charge in [-0.2, -0.15) is 0 Å². The second-order valence-electron chi connectivity index (χ2n) is 13.6. The molecule has 1 saturated heterocycles. The molecule has 1 aliphatic heterocycles. The molecule has 3 aromatic rings. The molecule has 0 radical (unpaired) electrons. The lowest BCUT2D eigenvalue weighted by Gasteiger charge is -2.36. The lowest BCUT2D eigenvalue weighted by molar-refractivity contribution is -0.144. The van der Waals surface area contributed by atoms with Crippen LogP contribution in [0.25, 0.3) is 0 Å². The molecule has 4 atom stereocenters. The summed E-state index contributed by atoms with van der Waals surface area (Å²) in [6.45, 7) is 9.34. The molecule has 0 aromatic heterocycles. The van der Waals surface area contributed by atoms with Crippen molar-refractivity contribution in [2.24, 2.45) is 5.41 Å². The monoisotopic (exact) mass is 671 g/mol. The third-order valence-corrected chi connectivity index (χ3v) is 8.95. The van der Waals surface area contributed by atoms with Crippen molar-refractivity contribution in [3.05, 3.63) is 95.1 Å². The zero-order valence-corrected chi connectivity index (χ0v) is 29.6. The minimum Gasteiger partial charge on any atom is -0.497 e. The van der Waals surface area contributed by atoms with Gasteiger partial charge in [0, 0.05) is 18.2 Å². The molecule has 0 saturated carbocycles. The molecule has 262 valence electrons. The van der Waals surface area contributed by atoms with Crippen LogP contribution >= 0.6 is 0 Å². The van der Waals surface area contributed by atoms with Crippen molar-refractivity contribution in [1.82, 2.24) is 26.2 Å². The van der Waals surface area contributed by atoms with Crippen molar-refractivity contribution >= 4 is 23.6 Å². The fourth-order valence-electron chi connectivity index (χ4n) is 5.81. The quantitative estimate of drug-likeness (QED) is 0.230. The Bertz CT molecular complexity index is 1550. The smallest absolute Gasteiger partial charge is 0.251 e. The van der Waals surface area contributed by atoms with Crippen molar-refractivity contribution in [3.8, 4) is 11.5 Å². The van der Waals surface area contributed by atoms with Crippen LogP contribution in [0.2, 0.25) is 0 Å². The number of benzene rings is 3. The van der Waals surface area contributed by atoms with E-state index in [1.54, 1.807) is 40.3 Å². The summed E-state index contributed by atoms with van der Waals surface area (Å²) in [7, 11) is 4.84. The van der Waals surface area contributed by atoms with Gasteiger partial charge in [0.1, 0.15) is 23.6 Å². The molecule has 4 amide bonds. The normalized spacial score (nSPS) is 17.2. The van der Waals surface area contributed by atoms with E-state index in [1.165, 1.54) is 4.90 Å². The Balaban J connectivity index is 1.68. The number of rotatable bonds is 12. The first kappa shape index (κ1) is 36.9. The summed E-state index contributed by atoms with van der Waals surface area (Å²) in [5, 5.41) is 12.0. The summed E-state index contributed by atoms with van der Waals surface area (Å²) < 4.78 is 10.7. The van der Waals surface area contributed by atoms with Crippen molar-refractivity contribution in [1.29, 1.82) is 0 Å². The van der Waals surface area contributed by atoms with E-state index in [4.69, 9.17) is 9.47 Å². The summed E-state index contributed by atoms with van der Waals surface area (Å²) >= 11 is 0. The van der Waals surface area contributed by atoms with E-state index in [0.717, 1.165) is 16.7 Å². The Hall–Kier alpha value is -4.90. The largest absolute Gasteiger partial charge is 0.497 e. The molecule has 4 N–H and O–H groups in total. The van der Waals surface area contributed by atoms with Gasteiger partial charge in [-0.1, -0.05) is 62.7 Å². The zero-order valence-electron chi connectivity index (χ0n) is 29.6.